The Bertz CT molecular complexity index is 1620. The molecular weight excluding hydrogens is 667 g/mol. The fourth-order valence-corrected chi connectivity index (χ4v) is 5.00. The molecule has 0 radical (unpaired) electrons. The number of nitrogens with zero attached hydrogens (tertiary/aromatic N) is 1. The van der Waals surface area contributed by atoms with Crippen molar-refractivity contribution in [3.8, 4) is 23.0 Å². The summed E-state index contributed by atoms with van der Waals surface area (Å²) in [6.07, 6.45) is 0.238. The van der Waals surface area contributed by atoms with E-state index in [0.29, 0.717) is 50.9 Å². The molecule has 0 bridgehead atoms. The van der Waals surface area contributed by atoms with Crippen LogP contribution in [0.4, 0.5) is 9.18 Å². The standard InChI is InChI=1S/C32H34BrFN4O8/c1-5-44-25-13-20(29-28(31(40)43-4)18(2)36-32(41)37-29)8-11-24(25)45-17-27(39)38-35-15-21-12-22(33)14-26(42-3)30(21)46-16-19-6-9-23(34)10-7-19/h6-15,27,29,38-39H,5,16-17H2,1-4H3,(H2,36,37,41)/b35-15+/t27-,29-/m1/s1. The lowest BCUT2D eigenvalue weighted by Gasteiger charge is -2.28. The Morgan fingerprint density at radius 3 is 2.54 bits per heavy atom. The fourth-order valence-electron chi connectivity index (χ4n) is 4.54. The van der Waals surface area contributed by atoms with Crippen molar-refractivity contribution in [2.24, 2.45) is 5.10 Å². The number of carbonyl (C=O) groups is 2. The highest BCUT2D eigenvalue weighted by Gasteiger charge is 2.32. The SMILES string of the molecule is CCOc1cc([C@H]2NC(=O)NC(C)=C2C(=O)OC)ccc1OC[C@@H](O)N/N=C/c1cc(Br)cc(OC)c1OCc1ccc(F)cc1. The molecule has 2 atom stereocenters. The van der Waals surface area contributed by atoms with Crippen LogP contribution in [0.2, 0.25) is 0 Å². The van der Waals surface area contributed by atoms with Gasteiger partial charge < -0.3 is 39.4 Å². The Labute approximate surface area is 273 Å². The van der Waals surface area contributed by atoms with Gasteiger partial charge in [0.05, 0.1) is 38.7 Å². The lowest BCUT2D eigenvalue weighted by atomic mass is 9.95. The third-order valence-corrected chi connectivity index (χ3v) is 7.12. The average molecular weight is 702 g/mol. The van der Waals surface area contributed by atoms with Crippen LogP contribution in [0, 0.1) is 5.82 Å². The normalized spacial score (nSPS) is 15.1. The molecule has 1 heterocycles. The first-order valence-corrected chi connectivity index (χ1v) is 14.9. The number of hydrogen-bond acceptors (Lipinski definition) is 10. The van der Waals surface area contributed by atoms with Gasteiger partial charge in [0.15, 0.2) is 29.2 Å². The van der Waals surface area contributed by atoms with Gasteiger partial charge in [0.1, 0.15) is 19.0 Å². The van der Waals surface area contributed by atoms with E-state index in [1.807, 2.05) is 0 Å². The van der Waals surface area contributed by atoms with Gasteiger partial charge in [-0.15, -0.1) is 0 Å². The third kappa shape index (κ3) is 8.67. The second-order valence-corrected chi connectivity index (χ2v) is 10.8. The number of ether oxygens (including phenoxy) is 5. The number of hydrazone groups is 1. The summed E-state index contributed by atoms with van der Waals surface area (Å²) in [7, 11) is 2.77. The number of urea groups is 1. The van der Waals surface area contributed by atoms with Crippen LogP contribution in [0.5, 0.6) is 23.0 Å². The first-order valence-electron chi connectivity index (χ1n) is 14.1. The van der Waals surface area contributed by atoms with Crippen molar-refractivity contribution < 1.29 is 42.8 Å². The van der Waals surface area contributed by atoms with Crippen LogP contribution < -0.4 is 35.0 Å². The summed E-state index contributed by atoms with van der Waals surface area (Å²) in [5, 5.41) is 20.0. The molecule has 0 aromatic heterocycles. The second kappa shape index (κ2) is 16.0. The summed E-state index contributed by atoms with van der Waals surface area (Å²) in [4.78, 5) is 24.6. The molecule has 3 aromatic carbocycles. The zero-order valence-corrected chi connectivity index (χ0v) is 27.1. The molecule has 3 aromatic rings. The van der Waals surface area contributed by atoms with E-state index in [9.17, 15) is 19.1 Å². The first-order chi connectivity index (χ1) is 22.1. The number of aliphatic hydroxyl groups is 1. The molecule has 46 heavy (non-hydrogen) atoms. The van der Waals surface area contributed by atoms with Crippen molar-refractivity contribution in [2.45, 2.75) is 32.7 Å². The molecule has 4 N–H and O–H groups in total. The molecule has 4 rings (SSSR count). The topological polar surface area (TPSA) is 149 Å². The van der Waals surface area contributed by atoms with Gasteiger partial charge in [0, 0.05) is 15.7 Å². The Morgan fingerprint density at radius 2 is 1.85 bits per heavy atom. The van der Waals surface area contributed by atoms with Crippen molar-refractivity contribution >= 4 is 34.1 Å². The molecule has 244 valence electrons. The molecule has 0 saturated carbocycles. The summed E-state index contributed by atoms with van der Waals surface area (Å²) < 4.78 is 41.9. The number of allylic oxidation sites excluding steroid dienone is 1. The van der Waals surface area contributed by atoms with E-state index < -0.39 is 24.3 Å². The molecule has 0 aliphatic carbocycles. The van der Waals surface area contributed by atoms with Gasteiger partial charge in [0.2, 0.25) is 0 Å². The number of hydrogen-bond donors (Lipinski definition) is 4. The molecular formula is C32H34BrFN4O8. The summed E-state index contributed by atoms with van der Waals surface area (Å²) in [6, 6.07) is 13.2. The van der Waals surface area contributed by atoms with Crippen LogP contribution >= 0.6 is 15.9 Å². The van der Waals surface area contributed by atoms with Gasteiger partial charge in [-0.05, 0) is 61.4 Å². The molecule has 0 unspecified atom stereocenters. The Hall–Kier alpha value is -4.82. The van der Waals surface area contributed by atoms with Gasteiger partial charge in [0.25, 0.3) is 0 Å². The number of amides is 2. The minimum absolute atomic E-state index is 0.161. The molecule has 0 fully saturated rings. The lowest BCUT2D eigenvalue weighted by molar-refractivity contribution is -0.136. The van der Waals surface area contributed by atoms with Crippen LogP contribution in [0.25, 0.3) is 0 Å². The maximum Gasteiger partial charge on any atom is 0.337 e. The van der Waals surface area contributed by atoms with Crippen molar-refractivity contribution in [1.82, 2.24) is 16.1 Å². The smallest absolute Gasteiger partial charge is 0.337 e. The molecule has 0 saturated heterocycles. The number of methoxy groups -OCH3 is 2. The highest BCUT2D eigenvalue weighted by atomic mass is 79.9. The second-order valence-electron chi connectivity index (χ2n) is 9.86. The van der Waals surface area contributed by atoms with E-state index in [1.165, 1.54) is 32.6 Å². The first kappa shape index (κ1) is 34.1. The zero-order valence-electron chi connectivity index (χ0n) is 25.6. The van der Waals surface area contributed by atoms with Gasteiger partial charge in [-0.1, -0.05) is 34.1 Å². The quantitative estimate of drug-likeness (QED) is 0.0813. The molecule has 14 heteroatoms. The largest absolute Gasteiger partial charge is 0.493 e. The third-order valence-electron chi connectivity index (χ3n) is 6.66. The van der Waals surface area contributed by atoms with Crippen LogP contribution in [-0.2, 0) is 16.1 Å². The summed E-state index contributed by atoms with van der Waals surface area (Å²) in [6.45, 7) is 3.68. The molecule has 0 spiro atoms. The van der Waals surface area contributed by atoms with E-state index in [4.69, 9.17) is 23.7 Å². The van der Waals surface area contributed by atoms with Gasteiger partial charge in [-0.2, -0.15) is 5.10 Å². The van der Waals surface area contributed by atoms with E-state index in [0.717, 1.165) is 5.56 Å². The van der Waals surface area contributed by atoms with Crippen molar-refractivity contribution in [2.75, 3.05) is 27.4 Å². The number of nitrogens with one attached hydrogen (secondary N) is 3. The van der Waals surface area contributed by atoms with Gasteiger partial charge in [-0.3, -0.25) is 5.43 Å². The van der Waals surface area contributed by atoms with Gasteiger partial charge in [-0.25, -0.2) is 14.0 Å². The van der Waals surface area contributed by atoms with E-state index >= 15 is 0 Å². The number of esters is 1. The number of rotatable bonds is 14. The van der Waals surface area contributed by atoms with Crippen LogP contribution in [0.15, 0.2) is 75.4 Å². The van der Waals surface area contributed by atoms with Crippen LogP contribution in [0.3, 0.4) is 0 Å². The number of aliphatic hydroxyl groups excluding tert-OH is 1. The minimum Gasteiger partial charge on any atom is -0.493 e. The summed E-state index contributed by atoms with van der Waals surface area (Å²) >= 11 is 3.44. The van der Waals surface area contributed by atoms with Crippen molar-refractivity contribution in [3.63, 3.8) is 0 Å². The highest BCUT2D eigenvalue weighted by Crippen LogP contribution is 2.36. The van der Waals surface area contributed by atoms with Crippen LogP contribution in [0.1, 0.15) is 36.6 Å². The zero-order chi connectivity index (χ0) is 33.2. The number of halogens is 2. The number of carbonyl (C=O) groups excluding carboxylic acids is 2. The molecule has 2 amide bonds. The fraction of sp³-hybridized carbons (Fsp3) is 0.281. The Balaban J connectivity index is 1.44. The molecule has 1 aliphatic rings. The summed E-state index contributed by atoms with van der Waals surface area (Å²) in [5.41, 5.74) is 5.11. The minimum atomic E-state index is -1.22. The van der Waals surface area contributed by atoms with Crippen molar-refractivity contribution in [3.05, 3.63) is 92.8 Å². The maximum absolute atomic E-state index is 13.3. The Kier molecular flexibility index (Phi) is 11.8. The average Bonchev–Trinajstić information content (AvgIpc) is 3.03. The highest BCUT2D eigenvalue weighted by molar-refractivity contribution is 9.10. The predicted octanol–water partition coefficient (Wildman–Crippen LogP) is 4.70. The van der Waals surface area contributed by atoms with E-state index in [1.54, 1.807) is 56.3 Å². The van der Waals surface area contributed by atoms with Crippen molar-refractivity contribution in [1.29, 1.82) is 0 Å². The maximum atomic E-state index is 13.3. The van der Waals surface area contributed by atoms with Crippen LogP contribution in [-0.4, -0.2) is 57.0 Å². The molecule has 12 nitrogen and oxygen atoms in total. The summed E-state index contributed by atoms with van der Waals surface area (Å²) in [5.74, 6) is 0.585. The van der Waals surface area contributed by atoms with Gasteiger partial charge >= 0.3 is 12.0 Å². The monoisotopic (exact) mass is 700 g/mol. The molecule has 1 aliphatic heterocycles. The number of benzene rings is 3. The Morgan fingerprint density at radius 1 is 1.09 bits per heavy atom. The lowest BCUT2D eigenvalue weighted by Crippen LogP contribution is -2.45. The van der Waals surface area contributed by atoms with E-state index in [2.05, 4.69) is 37.1 Å². The van der Waals surface area contributed by atoms with E-state index in [-0.39, 0.29) is 24.6 Å². The predicted molar refractivity (Wildman–Crippen MR) is 170 cm³/mol.